The van der Waals surface area contributed by atoms with E-state index in [4.69, 9.17) is 15.6 Å². The fourth-order valence-corrected chi connectivity index (χ4v) is 3.01. The van der Waals surface area contributed by atoms with E-state index in [9.17, 15) is 14.4 Å². The number of nitrogens with zero attached hydrogens (tertiary/aromatic N) is 1. The molecule has 1 aliphatic heterocycles. The van der Waals surface area contributed by atoms with Gasteiger partial charge in [-0.3, -0.25) is 9.59 Å². The Morgan fingerprint density at radius 3 is 2.57 bits per heavy atom. The molecular weight excluding hydrogens is 296 g/mol. The van der Waals surface area contributed by atoms with Gasteiger partial charge in [-0.2, -0.15) is 0 Å². The number of carbonyl (C=O) groups excluding carboxylic acids is 2. The van der Waals surface area contributed by atoms with Crippen LogP contribution in [0.1, 0.15) is 10.4 Å². The maximum Gasteiger partial charge on any atom is 0.327 e. The van der Waals surface area contributed by atoms with Gasteiger partial charge in [0.25, 0.3) is 11.8 Å². The Morgan fingerprint density at radius 2 is 2.00 bits per heavy atom. The molecule has 1 heterocycles. The van der Waals surface area contributed by atoms with Gasteiger partial charge < -0.3 is 20.5 Å². The van der Waals surface area contributed by atoms with Crippen molar-refractivity contribution < 1.29 is 24.2 Å². The second kappa shape index (κ2) is 6.49. The summed E-state index contributed by atoms with van der Waals surface area (Å²) in [6.45, 7) is -0.239. The quantitative estimate of drug-likeness (QED) is 0.801. The van der Waals surface area contributed by atoms with Crippen LogP contribution in [-0.4, -0.2) is 52.1 Å². The molecule has 8 heteroatoms. The monoisotopic (exact) mass is 310 g/mol. The van der Waals surface area contributed by atoms with Crippen molar-refractivity contribution in [2.45, 2.75) is 6.04 Å². The summed E-state index contributed by atoms with van der Waals surface area (Å²) in [7, 11) is 0. The van der Waals surface area contributed by atoms with Crippen LogP contribution in [0.5, 0.6) is 5.75 Å². The number of carboxylic acids is 1. The topological polar surface area (TPSA) is 110 Å². The molecule has 1 aromatic rings. The molecule has 1 aliphatic rings. The number of hydrogen-bond donors (Lipinski definition) is 2. The van der Waals surface area contributed by atoms with Crippen LogP contribution in [0.4, 0.5) is 0 Å². The van der Waals surface area contributed by atoms with E-state index in [0.29, 0.717) is 22.9 Å². The Kier molecular flexibility index (Phi) is 4.69. The Balaban J connectivity index is 2.06. The number of thioether (sulfide) groups is 1. The molecule has 1 aromatic carbocycles. The van der Waals surface area contributed by atoms with Crippen LogP contribution >= 0.6 is 11.8 Å². The van der Waals surface area contributed by atoms with Crippen molar-refractivity contribution in [2.24, 2.45) is 5.73 Å². The first-order valence-electron chi connectivity index (χ1n) is 6.11. The molecule has 21 heavy (non-hydrogen) atoms. The van der Waals surface area contributed by atoms with E-state index in [1.165, 1.54) is 40.9 Å². The van der Waals surface area contributed by atoms with Gasteiger partial charge in [0.1, 0.15) is 11.8 Å². The number of nitrogens with two attached hydrogens (primary N) is 1. The van der Waals surface area contributed by atoms with Gasteiger partial charge >= 0.3 is 5.97 Å². The minimum absolute atomic E-state index is 0.239. The van der Waals surface area contributed by atoms with Crippen LogP contribution in [-0.2, 0) is 9.59 Å². The van der Waals surface area contributed by atoms with Gasteiger partial charge in [-0.15, -0.1) is 11.8 Å². The Morgan fingerprint density at radius 1 is 1.33 bits per heavy atom. The average Bonchev–Trinajstić information content (AvgIpc) is 2.94. The van der Waals surface area contributed by atoms with E-state index < -0.39 is 17.9 Å². The average molecular weight is 310 g/mol. The summed E-state index contributed by atoms with van der Waals surface area (Å²) in [6.07, 6.45) is 0. The zero-order valence-corrected chi connectivity index (χ0v) is 11.8. The normalized spacial score (nSPS) is 17.5. The minimum atomic E-state index is -1.00. The molecule has 1 saturated heterocycles. The van der Waals surface area contributed by atoms with E-state index in [0.717, 1.165) is 0 Å². The molecule has 1 fully saturated rings. The highest BCUT2D eigenvalue weighted by molar-refractivity contribution is 7.99. The van der Waals surface area contributed by atoms with E-state index in [-0.39, 0.29) is 12.5 Å². The van der Waals surface area contributed by atoms with Crippen LogP contribution in [0.3, 0.4) is 0 Å². The van der Waals surface area contributed by atoms with E-state index in [2.05, 4.69) is 0 Å². The summed E-state index contributed by atoms with van der Waals surface area (Å²) in [4.78, 5) is 35.3. The van der Waals surface area contributed by atoms with Crippen molar-refractivity contribution in [1.82, 2.24) is 4.90 Å². The largest absolute Gasteiger partial charge is 0.484 e. The fraction of sp³-hybridized carbons (Fsp3) is 0.308. The maximum atomic E-state index is 12.3. The number of hydrogen-bond acceptors (Lipinski definition) is 5. The SMILES string of the molecule is NC(=O)COc1ccc(C(=O)N2CSCC2C(=O)O)cc1. The molecular formula is C13H14N2O5S. The van der Waals surface area contributed by atoms with Gasteiger partial charge in [0, 0.05) is 11.3 Å². The standard InChI is InChI=1S/C13H14N2O5S/c14-11(16)5-20-9-3-1-8(2-4-9)12(17)15-7-21-6-10(15)13(18)19/h1-4,10H,5-7H2,(H2,14,16)(H,18,19). The Hall–Kier alpha value is -2.22. The van der Waals surface area contributed by atoms with Crippen LogP contribution in [0.15, 0.2) is 24.3 Å². The summed E-state index contributed by atoms with van der Waals surface area (Å²) in [5.41, 5.74) is 5.33. The third kappa shape index (κ3) is 3.66. The number of primary amides is 1. The summed E-state index contributed by atoms with van der Waals surface area (Å²) < 4.78 is 5.09. The fourth-order valence-electron chi connectivity index (χ4n) is 1.86. The smallest absolute Gasteiger partial charge is 0.327 e. The zero-order chi connectivity index (χ0) is 15.4. The summed E-state index contributed by atoms with van der Waals surface area (Å²) in [5, 5.41) is 9.07. The number of ether oxygens (including phenoxy) is 1. The number of benzene rings is 1. The molecule has 112 valence electrons. The van der Waals surface area contributed by atoms with Crippen molar-refractivity contribution >= 4 is 29.5 Å². The summed E-state index contributed by atoms with van der Waals surface area (Å²) >= 11 is 1.40. The third-order valence-electron chi connectivity index (χ3n) is 2.91. The van der Waals surface area contributed by atoms with Crippen LogP contribution < -0.4 is 10.5 Å². The molecule has 0 spiro atoms. The predicted octanol–water partition coefficient (Wildman–Crippen LogP) is 0.150. The minimum Gasteiger partial charge on any atom is -0.484 e. The number of rotatable bonds is 5. The molecule has 1 atom stereocenters. The third-order valence-corrected chi connectivity index (χ3v) is 3.92. The van der Waals surface area contributed by atoms with Crippen LogP contribution in [0.25, 0.3) is 0 Å². The molecule has 3 N–H and O–H groups in total. The molecule has 0 aliphatic carbocycles. The molecule has 0 saturated carbocycles. The number of carboxylic acid groups (broad SMARTS) is 1. The lowest BCUT2D eigenvalue weighted by Gasteiger charge is -2.20. The van der Waals surface area contributed by atoms with Gasteiger partial charge in [-0.1, -0.05) is 0 Å². The lowest BCUT2D eigenvalue weighted by Crippen LogP contribution is -2.41. The summed E-state index contributed by atoms with van der Waals surface area (Å²) in [5.74, 6) is -0.774. The first-order chi connectivity index (χ1) is 9.99. The molecule has 2 rings (SSSR count). The Labute approximate surface area is 125 Å². The first-order valence-corrected chi connectivity index (χ1v) is 7.27. The first kappa shape index (κ1) is 15.2. The van der Waals surface area contributed by atoms with Gasteiger partial charge in [0.2, 0.25) is 0 Å². The highest BCUT2D eigenvalue weighted by Gasteiger charge is 2.34. The van der Waals surface area contributed by atoms with E-state index in [1.807, 2.05) is 0 Å². The second-order valence-electron chi connectivity index (χ2n) is 4.41. The number of carbonyl (C=O) groups is 3. The predicted molar refractivity (Wildman–Crippen MR) is 76.0 cm³/mol. The maximum absolute atomic E-state index is 12.3. The Bertz CT molecular complexity index is 560. The van der Waals surface area contributed by atoms with Crippen molar-refractivity contribution in [3.05, 3.63) is 29.8 Å². The van der Waals surface area contributed by atoms with E-state index in [1.54, 1.807) is 0 Å². The molecule has 0 bridgehead atoms. The molecule has 1 unspecified atom stereocenters. The summed E-state index contributed by atoms with van der Waals surface area (Å²) in [6, 6.07) is 5.33. The van der Waals surface area contributed by atoms with Gasteiger partial charge in [-0.05, 0) is 24.3 Å². The molecule has 0 radical (unpaired) electrons. The van der Waals surface area contributed by atoms with Crippen molar-refractivity contribution in [1.29, 1.82) is 0 Å². The van der Waals surface area contributed by atoms with E-state index >= 15 is 0 Å². The van der Waals surface area contributed by atoms with Crippen molar-refractivity contribution in [3.63, 3.8) is 0 Å². The van der Waals surface area contributed by atoms with Crippen LogP contribution in [0, 0.1) is 0 Å². The molecule has 7 nitrogen and oxygen atoms in total. The lowest BCUT2D eigenvalue weighted by molar-refractivity contribution is -0.140. The van der Waals surface area contributed by atoms with Gasteiger partial charge in [0.15, 0.2) is 6.61 Å². The second-order valence-corrected chi connectivity index (χ2v) is 5.41. The van der Waals surface area contributed by atoms with Crippen molar-refractivity contribution in [3.8, 4) is 5.75 Å². The number of aliphatic carboxylic acids is 1. The highest BCUT2D eigenvalue weighted by atomic mass is 32.2. The van der Waals surface area contributed by atoms with Gasteiger partial charge in [-0.25, -0.2) is 4.79 Å². The molecule has 0 aromatic heterocycles. The highest BCUT2D eigenvalue weighted by Crippen LogP contribution is 2.24. The lowest BCUT2D eigenvalue weighted by atomic mass is 10.1. The molecule has 2 amide bonds. The van der Waals surface area contributed by atoms with Gasteiger partial charge in [0.05, 0.1) is 5.88 Å². The van der Waals surface area contributed by atoms with Crippen LogP contribution in [0.2, 0.25) is 0 Å². The zero-order valence-electron chi connectivity index (χ0n) is 11.0. The number of amides is 2. The van der Waals surface area contributed by atoms with Crippen molar-refractivity contribution in [2.75, 3.05) is 18.2 Å².